The molecule has 0 fully saturated rings. The number of anilines is 1. The molecule has 1 amide bonds. The Morgan fingerprint density at radius 1 is 0.947 bits per heavy atom. The summed E-state index contributed by atoms with van der Waals surface area (Å²) in [5.74, 6) is 0.0672. The number of aryl methyl sites for hydroxylation is 2. The fourth-order valence-electron chi connectivity index (χ4n) is 2.19. The molecular formula is C17H19NO. The van der Waals surface area contributed by atoms with Gasteiger partial charge in [-0.1, -0.05) is 42.5 Å². The van der Waals surface area contributed by atoms with Crippen molar-refractivity contribution in [2.24, 2.45) is 0 Å². The zero-order valence-electron chi connectivity index (χ0n) is 11.7. The van der Waals surface area contributed by atoms with Crippen LogP contribution >= 0.6 is 0 Å². The highest BCUT2D eigenvalue weighted by molar-refractivity contribution is 5.92. The second-order valence-electron chi connectivity index (χ2n) is 4.82. The molecule has 2 heteroatoms. The van der Waals surface area contributed by atoms with Crippen molar-refractivity contribution in [2.45, 2.75) is 27.3 Å². The molecule has 0 aliphatic rings. The molecule has 2 nitrogen and oxygen atoms in total. The summed E-state index contributed by atoms with van der Waals surface area (Å²) in [6.45, 7) is 6.34. The Bertz CT molecular complexity index is 589. The lowest BCUT2D eigenvalue weighted by atomic mass is 10.1. The minimum absolute atomic E-state index is 0.0672. The van der Waals surface area contributed by atoms with Crippen molar-refractivity contribution in [3.63, 3.8) is 0 Å². The summed E-state index contributed by atoms with van der Waals surface area (Å²) in [5, 5.41) is 0. The molecule has 0 N–H and O–H groups in total. The number of benzene rings is 2. The lowest BCUT2D eigenvalue weighted by Crippen LogP contribution is -2.28. The maximum atomic E-state index is 11.9. The minimum Gasteiger partial charge on any atom is -0.308 e. The van der Waals surface area contributed by atoms with Gasteiger partial charge >= 0.3 is 0 Å². The SMILES string of the molecule is CC(=O)N(Cc1ccccc1C)c1ccccc1C. The van der Waals surface area contributed by atoms with Crippen LogP contribution in [-0.2, 0) is 11.3 Å². The molecule has 0 atom stereocenters. The summed E-state index contributed by atoms with van der Waals surface area (Å²) >= 11 is 0. The van der Waals surface area contributed by atoms with Gasteiger partial charge in [0.2, 0.25) is 5.91 Å². The van der Waals surface area contributed by atoms with Crippen molar-refractivity contribution in [1.82, 2.24) is 0 Å². The Morgan fingerprint density at radius 3 is 2.11 bits per heavy atom. The third-order valence-electron chi connectivity index (χ3n) is 3.38. The largest absolute Gasteiger partial charge is 0.308 e. The van der Waals surface area contributed by atoms with Crippen molar-refractivity contribution >= 4 is 11.6 Å². The number of para-hydroxylation sites is 1. The molecule has 0 heterocycles. The fraction of sp³-hybridized carbons (Fsp3) is 0.235. The van der Waals surface area contributed by atoms with Crippen LogP contribution in [0.25, 0.3) is 0 Å². The molecular weight excluding hydrogens is 234 g/mol. The molecule has 0 spiro atoms. The third-order valence-corrected chi connectivity index (χ3v) is 3.38. The summed E-state index contributed by atoms with van der Waals surface area (Å²) in [7, 11) is 0. The third kappa shape index (κ3) is 3.02. The maximum absolute atomic E-state index is 11.9. The molecule has 2 rings (SSSR count). The van der Waals surface area contributed by atoms with E-state index in [0.717, 1.165) is 11.3 Å². The van der Waals surface area contributed by atoms with Gasteiger partial charge in [0.05, 0.1) is 6.54 Å². The van der Waals surface area contributed by atoms with Crippen LogP contribution in [-0.4, -0.2) is 5.91 Å². The summed E-state index contributed by atoms with van der Waals surface area (Å²) in [6.07, 6.45) is 0. The molecule has 0 saturated carbocycles. The van der Waals surface area contributed by atoms with Gasteiger partial charge in [0.25, 0.3) is 0 Å². The van der Waals surface area contributed by atoms with E-state index in [1.807, 2.05) is 48.2 Å². The van der Waals surface area contributed by atoms with Crippen LogP contribution in [0.15, 0.2) is 48.5 Å². The monoisotopic (exact) mass is 253 g/mol. The van der Waals surface area contributed by atoms with Crippen LogP contribution in [0.3, 0.4) is 0 Å². The van der Waals surface area contributed by atoms with Gasteiger partial charge < -0.3 is 4.90 Å². The number of nitrogens with zero attached hydrogens (tertiary/aromatic N) is 1. The molecule has 0 unspecified atom stereocenters. The Balaban J connectivity index is 2.35. The van der Waals surface area contributed by atoms with Crippen LogP contribution in [0.5, 0.6) is 0 Å². The van der Waals surface area contributed by atoms with Gasteiger partial charge in [0, 0.05) is 12.6 Å². The lowest BCUT2D eigenvalue weighted by molar-refractivity contribution is -0.116. The molecule has 2 aromatic carbocycles. The van der Waals surface area contributed by atoms with E-state index in [4.69, 9.17) is 0 Å². The van der Waals surface area contributed by atoms with Crippen molar-refractivity contribution in [3.05, 3.63) is 65.2 Å². The summed E-state index contributed by atoms with van der Waals surface area (Å²) in [6, 6.07) is 16.2. The van der Waals surface area contributed by atoms with Crippen LogP contribution in [0.4, 0.5) is 5.69 Å². The van der Waals surface area contributed by atoms with Gasteiger partial charge in [0.1, 0.15) is 0 Å². The first-order valence-corrected chi connectivity index (χ1v) is 6.48. The molecule has 0 bridgehead atoms. The summed E-state index contributed by atoms with van der Waals surface area (Å²) in [4.78, 5) is 13.8. The van der Waals surface area contributed by atoms with Crippen LogP contribution in [0, 0.1) is 13.8 Å². The van der Waals surface area contributed by atoms with E-state index in [1.54, 1.807) is 6.92 Å². The number of rotatable bonds is 3. The number of amides is 1. The molecule has 0 saturated heterocycles. The van der Waals surface area contributed by atoms with Gasteiger partial charge in [-0.25, -0.2) is 0 Å². The smallest absolute Gasteiger partial charge is 0.224 e. The van der Waals surface area contributed by atoms with Crippen LogP contribution < -0.4 is 4.90 Å². The van der Waals surface area contributed by atoms with E-state index >= 15 is 0 Å². The Labute approximate surface area is 114 Å². The van der Waals surface area contributed by atoms with Gasteiger partial charge in [0.15, 0.2) is 0 Å². The Hall–Kier alpha value is -2.09. The van der Waals surface area contributed by atoms with E-state index in [9.17, 15) is 4.79 Å². The predicted octanol–water partition coefficient (Wildman–Crippen LogP) is 3.86. The van der Waals surface area contributed by atoms with Crippen LogP contribution in [0.2, 0.25) is 0 Å². The number of hydrogen-bond donors (Lipinski definition) is 0. The van der Waals surface area contributed by atoms with Gasteiger partial charge in [-0.2, -0.15) is 0 Å². The lowest BCUT2D eigenvalue weighted by Gasteiger charge is -2.24. The fourth-order valence-corrected chi connectivity index (χ4v) is 2.19. The van der Waals surface area contributed by atoms with Crippen molar-refractivity contribution in [1.29, 1.82) is 0 Å². The van der Waals surface area contributed by atoms with E-state index < -0.39 is 0 Å². The predicted molar refractivity (Wildman–Crippen MR) is 79.2 cm³/mol. The Morgan fingerprint density at radius 2 is 1.53 bits per heavy atom. The van der Waals surface area contributed by atoms with Gasteiger partial charge in [-0.05, 0) is 36.6 Å². The van der Waals surface area contributed by atoms with Crippen molar-refractivity contribution in [2.75, 3.05) is 4.90 Å². The van der Waals surface area contributed by atoms with E-state index in [0.29, 0.717) is 6.54 Å². The average Bonchev–Trinajstić information content (AvgIpc) is 2.38. The molecule has 0 aliphatic carbocycles. The van der Waals surface area contributed by atoms with Gasteiger partial charge in [-0.3, -0.25) is 4.79 Å². The zero-order chi connectivity index (χ0) is 13.8. The van der Waals surface area contributed by atoms with Gasteiger partial charge in [-0.15, -0.1) is 0 Å². The second kappa shape index (κ2) is 5.70. The van der Waals surface area contributed by atoms with Crippen molar-refractivity contribution < 1.29 is 4.79 Å². The normalized spacial score (nSPS) is 10.3. The number of hydrogen-bond acceptors (Lipinski definition) is 1. The molecule has 0 aliphatic heterocycles. The molecule has 98 valence electrons. The first kappa shape index (κ1) is 13.3. The average molecular weight is 253 g/mol. The first-order chi connectivity index (χ1) is 9.09. The highest BCUT2D eigenvalue weighted by Crippen LogP contribution is 2.22. The zero-order valence-corrected chi connectivity index (χ0v) is 11.7. The first-order valence-electron chi connectivity index (χ1n) is 6.48. The summed E-state index contributed by atoms with van der Waals surface area (Å²) < 4.78 is 0. The standard InChI is InChI=1S/C17H19NO/c1-13-8-4-6-10-16(13)12-18(15(3)19)17-11-7-5-9-14(17)2/h4-11H,12H2,1-3H3. The maximum Gasteiger partial charge on any atom is 0.224 e. The molecule has 19 heavy (non-hydrogen) atoms. The summed E-state index contributed by atoms with van der Waals surface area (Å²) in [5.41, 5.74) is 4.49. The molecule has 0 aromatic heterocycles. The van der Waals surface area contributed by atoms with Crippen molar-refractivity contribution in [3.8, 4) is 0 Å². The van der Waals surface area contributed by atoms with Crippen LogP contribution in [0.1, 0.15) is 23.6 Å². The molecule has 0 radical (unpaired) electrons. The van der Waals surface area contributed by atoms with E-state index in [-0.39, 0.29) is 5.91 Å². The van der Waals surface area contributed by atoms with E-state index in [2.05, 4.69) is 19.1 Å². The minimum atomic E-state index is 0.0672. The second-order valence-corrected chi connectivity index (χ2v) is 4.82. The molecule has 2 aromatic rings. The highest BCUT2D eigenvalue weighted by Gasteiger charge is 2.14. The topological polar surface area (TPSA) is 20.3 Å². The Kier molecular flexibility index (Phi) is 4.00. The van der Waals surface area contributed by atoms with E-state index in [1.165, 1.54) is 11.1 Å². The highest BCUT2D eigenvalue weighted by atomic mass is 16.2. The number of carbonyl (C=O) groups excluding carboxylic acids is 1. The number of carbonyl (C=O) groups is 1. The quantitative estimate of drug-likeness (QED) is 0.813.